The number of rotatable bonds is 9. The number of hydrogen-bond acceptors (Lipinski definition) is 7. The summed E-state index contributed by atoms with van der Waals surface area (Å²) in [6, 6.07) is 9.14. The number of hydrogen-bond donors (Lipinski definition) is 3. The molecule has 3 aliphatic heterocycles. The van der Waals surface area contributed by atoms with E-state index in [-0.39, 0.29) is 62.3 Å². The average molecular weight is 604 g/mol. The van der Waals surface area contributed by atoms with E-state index in [1.165, 1.54) is 0 Å². The Morgan fingerprint density at radius 3 is 2.68 bits per heavy atom. The fourth-order valence-corrected chi connectivity index (χ4v) is 6.23. The number of nitrogens with one attached hydrogen (secondary N) is 2. The topological polar surface area (TPSA) is 109 Å². The normalized spacial score (nSPS) is 28.1. The van der Waals surface area contributed by atoms with Crippen molar-refractivity contribution in [2.45, 2.75) is 87.2 Å². The van der Waals surface area contributed by atoms with Crippen LogP contribution in [0, 0.1) is 6.42 Å². The molecule has 3 saturated heterocycles. The number of ether oxygens (including phenoxy) is 3. The summed E-state index contributed by atoms with van der Waals surface area (Å²) in [5, 5.41) is 17.8. The number of alkyl carbamates (subject to hydrolysis) is 1. The summed E-state index contributed by atoms with van der Waals surface area (Å²) >= 11 is 0. The van der Waals surface area contributed by atoms with E-state index in [9.17, 15) is 14.7 Å². The molecule has 5 rings (SSSR count). The molecule has 1 aromatic rings. The zero-order valence-corrected chi connectivity index (χ0v) is 24.9. The van der Waals surface area contributed by atoms with Gasteiger partial charge in [0, 0.05) is 64.4 Å². The van der Waals surface area contributed by atoms with Crippen LogP contribution in [0.3, 0.4) is 0 Å². The summed E-state index contributed by atoms with van der Waals surface area (Å²) in [6.45, 7) is 2.59. The first-order valence-corrected chi connectivity index (χ1v) is 13.8. The van der Waals surface area contributed by atoms with Gasteiger partial charge in [-0.15, -0.1) is 0 Å². The zero-order chi connectivity index (χ0) is 25.7. The first kappa shape index (κ1) is 29.9. The van der Waals surface area contributed by atoms with Gasteiger partial charge in [-0.1, -0.05) is 36.8 Å². The zero-order valence-electron chi connectivity index (χ0n) is 22.1. The second-order valence-electron chi connectivity index (χ2n) is 11.0. The summed E-state index contributed by atoms with van der Waals surface area (Å²) in [5.74, 6) is 0.0363. The van der Waals surface area contributed by atoms with Crippen LogP contribution in [0.1, 0.15) is 50.5 Å². The van der Waals surface area contributed by atoms with Gasteiger partial charge in [0.15, 0.2) is 0 Å². The quantitative estimate of drug-likeness (QED) is 0.371. The van der Waals surface area contributed by atoms with Gasteiger partial charge in [-0.3, -0.25) is 9.69 Å². The van der Waals surface area contributed by atoms with E-state index in [2.05, 4.69) is 22.0 Å². The fourth-order valence-electron chi connectivity index (χ4n) is 6.23. The molecule has 1 aromatic carbocycles. The van der Waals surface area contributed by atoms with E-state index < -0.39 is 18.2 Å². The summed E-state index contributed by atoms with van der Waals surface area (Å²) in [6.07, 6.45) is 6.93. The predicted molar refractivity (Wildman–Crippen MR) is 137 cm³/mol. The Labute approximate surface area is 250 Å². The second-order valence-corrected chi connectivity index (χ2v) is 11.0. The van der Waals surface area contributed by atoms with Crippen molar-refractivity contribution in [2.75, 3.05) is 33.0 Å². The van der Waals surface area contributed by atoms with E-state index in [1.54, 1.807) is 0 Å². The molecule has 1 radical (unpaired) electrons. The van der Waals surface area contributed by atoms with Gasteiger partial charge in [-0.25, -0.2) is 4.79 Å². The van der Waals surface area contributed by atoms with Crippen LogP contribution in [0.25, 0.3) is 0 Å². The number of carbonyl (C=O) groups is 2. The van der Waals surface area contributed by atoms with Crippen LogP contribution in [-0.2, 0) is 58.1 Å². The van der Waals surface area contributed by atoms with Crippen molar-refractivity contribution in [3.05, 3.63) is 42.3 Å². The smallest absolute Gasteiger partial charge is 0.407 e. The first-order chi connectivity index (χ1) is 18.0. The fraction of sp³-hybridized carbons (Fsp3) is 0.679. The molecular formula is C28H40N3O6Y-. The van der Waals surface area contributed by atoms with E-state index >= 15 is 0 Å². The molecule has 1 unspecified atom stereocenters. The van der Waals surface area contributed by atoms with E-state index in [0.717, 1.165) is 44.1 Å². The Hall–Kier alpha value is -1.10. The van der Waals surface area contributed by atoms with Crippen LogP contribution in [0.4, 0.5) is 4.79 Å². The summed E-state index contributed by atoms with van der Waals surface area (Å²) in [4.78, 5) is 28.2. The molecule has 9 nitrogen and oxygen atoms in total. The number of amides is 2. The van der Waals surface area contributed by atoms with Crippen LogP contribution in [0.15, 0.2) is 30.3 Å². The molecule has 4 fully saturated rings. The molecule has 3 N–H and O–H groups in total. The minimum atomic E-state index is -0.882. The molecule has 0 aromatic heterocycles. The van der Waals surface area contributed by atoms with Crippen molar-refractivity contribution in [1.29, 1.82) is 0 Å². The van der Waals surface area contributed by atoms with Gasteiger partial charge in [-0.05, 0) is 37.3 Å². The number of nitrogens with zero attached hydrogens (tertiary/aromatic N) is 1. The second kappa shape index (κ2) is 14.0. The van der Waals surface area contributed by atoms with Gasteiger partial charge in [0.2, 0.25) is 5.91 Å². The summed E-state index contributed by atoms with van der Waals surface area (Å²) < 4.78 is 16.4. The monoisotopic (exact) mass is 603 g/mol. The predicted octanol–water partition coefficient (Wildman–Crippen LogP) is 1.97. The van der Waals surface area contributed by atoms with Gasteiger partial charge in [0.1, 0.15) is 6.10 Å². The van der Waals surface area contributed by atoms with Gasteiger partial charge in [0.05, 0.1) is 31.4 Å². The van der Waals surface area contributed by atoms with E-state index in [4.69, 9.17) is 14.2 Å². The van der Waals surface area contributed by atoms with Crippen molar-refractivity contribution in [2.24, 2.45) is 0 Å². The third kappa shape index (κ3) is 7.55. The Bertz CT molecular complexity index is 903. The maximum absolute atomic E-state index is 13.3. The molecular weight excluding hydrogens is 563 g/mol. The molecule has 207 valence electrons. The van der Waals surface area contributed by atoms with Crippen LogP contribution >= 0.6 is 0 Å². The van der Waals surface area contributed by atoms with Crippen LogP contribution in [0.5, 0.6) is 0 Å². The largest absolute Gasteiger partial charge is 0.444 e. The van der Waals surface area contributed by atoms with Crippen LogP contribution in [0.2, 0.25) is 0 Å². The minimum Gasteiger partial charge on any atom is -0.444 e. The maximum atomic E-state index is 13.3. The molecule has 10 heteroatoms. The molecule has 0 bridgehead atoms. The van der Waals surface area contributed by atoms with Crippen molar-refractivity contribution < 1.29 is 61.6 Å². The van der Waals surface area contributed by atoms with Gasteiger partial charge >= 0.3 is 6.09 Å². The first-order valence-electron chi connectivity index (χ1n) is 13.8. The minimum absolute atomic E-state index is 0. The Morgan fingerprint density at radius 1 is 1.21 bits per heavy atom. The van der Waals surface area contributed by atoms with Gasteiger partial charge in [0.25, 0.3) is 0 Å². The number of aliphatic hydroxyl groups excluding tert-OH is 1. The third-order valence-electron chi connectivity index (χ3n) is 8.36. The number of benzene rings is 1. The summed E-state index contributed by atoms with van der Waals surface area (Å²) in [5.41, 5.74) is 0.789. The number of aliphatic hydroxyl groups is 1. The van der Waals surface area contributed by atoms with Crippen molar-refractivity contribution in [1.82, 2.24) is 15.5 Å². The molecule has 1 aliphatic carbocycles. The maximum Gasteiger partial charge on any atom is 0.407 e. The average Bonchev–Trinajstić information content (AvgIpc) is 3.66. The third-order valence-corrected chi connectivity index (χ3v) is 8.36. The molecule has 1 spiro atoms. The van der Waals surface area contributed by atoms with Crippen molar-refractivity contribution >= 4 is 12.0 Å². The Morgan fingerprint density at radius 2 is 2.00 bits per heavy atom. The standard InChI is InChI=1S/C28H40N3O6.Y/c32-25(23(16-20-6-2-1-3-7-20)29-27(34)37-22-10-13-36-19-22)18-31(21-8-4-5-9-21)24-17-28(30-26(24)33)11-14-35-15-12-28;/h1-4,6-7,21-25,32H,5,8-19H2,(H,29,34)(H,30,33);/q-1;/t21?,22-,23-,24-,25+;/m0./s1. The molecule has 1 saturated carbocycles. The number of carbonyl (C=O) groups excluding carboxylic acids is 2. The molecule has 2 amide bonds. The molecule has 4 aliphatic rings. The molecule has 5 atom stereocenters. The molecule has 3 heterocycles. The SMILES string of the molecule is O=C(N[C@@H](Cc1ccccc1)[C@H](O)CN(C1C[CH-]CC1)[C@H]1CC2(CCOCC2)NC1=O)O[C@H]1CCOC1.[Y]. The van der Waals surface area contributed by atoms with Crippen LogP contribution < -0.4 is 10.6 Å². The van der Waals surface area contributed by atoms with Crippen molar-refractivity contribution in [3.8, 4) is 0 Å². The van der Waals surface area contributed by atoms with Gasteiger partial charge < -0.3 is 36.4 Å². The summed E-state index contributed by atoms with van der Waals surface area (Å²) in [7, 11) is 0. The van der Waals surface area contributed by atoms with E-state index in [0.29, 0.717) is 45.8 Å². The Balaban J connectivity index is 0.00000336. The van der Waals surface area contributed by atoms with Crippen LogP contribution in [-0.4, -0.2) is 90.9 Å². The van der Waals surface area contributed by atoms with Gasteiger partial charge in [-0.2, -0.15) is 12.8 Å². The molecule has 38 heavy (non-hydrogen) atoms. The van der Waals surface area contributed by atoms with Crippen molar-refractivity contribution in [3.63, 3.8) is 0 Å². The van der Waals surface area contributed by atoms with E-state index in [1.807, 2.05) is 30.3 Å². The Kier molecular flexibility index (Phi) is 11.0.